The standard InChI is InChI=1S/C19H21N3O/c1-11-8-15(13-4-5-13)16(9-12(11)2)20-17-7-6-14-10-22(3)19(23)18(14)21-17/h6-9,13H,4-5,10H2,1-3H3,(H,20,21). The van der Waals surface area contributed by atoms with Gasteiger partial charge in [-0.05, 0) is 61.4 Å². The van der Waals surface area contributed by atoms with Gasteiger partial charge in [0.25, 0.3) is 5.91 Å². The molecule has 0 radical (unpaired) electrons. The maximum Gasteiger partial charge on any atom is 0.272 e. The van der Waals surface area contributed by atoms with Crippen molar-refractivity contribution >= 4 is 17.4 Å². The van der Waals surface area contributed by atoms with Gasteiger partial charge in [0.1, 0.15) is 11.5 Å². The van der Waals surface area contributed by atoms with Gasteiger partial charge < -0.3 is 10.2 Å². The molecule has 4 nitrogen and oxygen atoms in total. The summed E-state index contributed by atoms with van der Waals surface area (Å²) in [5.74, 6) is 1.42. The second-order valence-electron chi connectivity index (χ2n) is 6.79. The zero-order valence-electron chi connectivity index (χ0n) is 13.8. The molecular formula is C19H21N3O. The molecule has 4 heteroatoms. The van der Waals surface area contributed by atoms with Gasteiger partial charge in [0, 0.05) is 24.8 Å². The van der Waals surface area contributed by atoms with Crippen LogP contribution in [0.5, 0.6) is 0 Å². The molecule has 1 N–H and O–H groups in total. The Balaban J connectivity index is 1.69. The number of anilines is 2. The predicted octanol–water partition coefficient (Wildman–Crippen LogP) is 3.91. The van der Waals surface area contributed by atoms with E-state index in [1.807, 2.05) is 19.2 Å². The quantitative estimate of drug-likeness (QED) is 0.935. The summed E-state index contributed by atoms with van der Waals surface area (Å²) in [7, 11) is 1.81. The number of nitrogens with one attached hydrogen (secondary N) is 1. The molecule has 1 aromatic carbocycles. The third kappa shape index (κ3) is 2.48. The Morgan fingerprint density at radius 2 is 1.91 bits per heavy atom. The third-order valence-corrected chi connectivity index (χ3v) is 4.88. The van der Waals surface area contributed by atoms with Crippen LogP contribution >= 0.6 is 0 Å². The summed E-state index contributed by atoms with van der Waals surface area (Å²) in [5.41, 5.74) is 6.69. The predicted molar refractivity (Wildman–Crippen MR) is 91.2 cm³/mol. The normalized spacial score (nSPS) is 16.7. The van der Waals surface area contributed by atoms with E-state index in [4.69, 9.17) is 0 Å². The van der Waals surface area contributed by atoms with Gasteiger partial charge >= 0.3 is 0 Å². The SMILES string of the molecule is Cc1cc(Nc2ccc3c(n2)C(=O)N(C)C3)c(C2CC2)cc1C. The number of benzene rings is 1. The van der Waals surface area contributed by atoms with Crippen molar-refractivity contribution in [3.63, 3.8) is 0 Å². The van der Waals surface area contributed by atoms with Gasteiger partial charge in [-0.1, -0.05) is 12.1 Å². The fraction of sp³-hybridized carbons (Fsp3) is 0.368. The van der Waals surface area contributed by atoms with E-state index >= 15 is 0 Å². The van der Waals surface area contributed by atoms with Crippen LogP contribution in [0.3, 0.4) is 0 Å². The number of rotatable bonds is 3. The number of hydrogen-bond donors (Lipinski definition) is 1. The maximum atomic E-state index is 12.1. The van der Waals surface area contributed by atoms with Crippen LogP contribution in [0.4, 0.5) is 11.5 Å². The zero-order valence-corrected chi connectivity index (χ0v) is 13.8. The lowest BCUT2D eigenvalue weighted by molar-refractivity contribution is 0.0812. The summed E-state index contributed by atoms with van der Waals surface area (Å²) in [4.78, 5) is 18.4. The van der Waals surface area contributed by atoms with E-state index in [1.165, 1.54) is 29.5 Å². The number of aryl methyl sites for hydroxylation is 2. The average molecular weight is 307 g/mol. The summed E-state index contributed by atoms with van der Waals surface area (Å²) in [6, 6.07) is 8.47. The molecule has 2 aliphatic rings. The van der Waals surface area contributed by atoms with Crippen molar-refractivity contribution in [2.75, 3.05) is 12.4 Å². The van der Waals surface area contributed by atoms with Crippen molar-refractivity contribution in [3.8, 4) is 0 Å². The molecule has 1 aliphatic heterocycles. The van der Waals surface area contributed by atoms with Crippen molar-refractivity contribution in [2.45, 2.75) is 39.2 Å². The van der Waals surface area contributed by atoms with E-state index in [1.54, 1.807) is 4.90 Å². The van der Waals surface area contributed by atoms with E-state index in [9.17, 15) is 4.79 Å². The lowest BCUT2D eigenvalue weighted by atomic mass is 10.0. The molecule has 0 spiro atoms. The Hall–Kier alpha value is -2.36. The first-order valence-electron chi connectivity index (χ1n) is 8.16. The Labute approximate surface area is 136 Å². The highest BCUT2D eigenvalue weighted by Gasteiger charge is 2.28. The van der Waals surface area contributed by atoms with Crippen molar-refractivity contribution in [1.82, 2.24) is 9.88 Å². The maximum absolute atomic E-state index is 12.1. The molecule has 4 rings (SSSR count). The van der Waals surface area contributed by atoms with Crippen LogP contribution in [0.15, 0.2) is 24.3 Å². The Morgan fingerprint density at radius 3 is 2.65 bits per heavy atom. The minimum absolute atomic E-state index is 0.00570. The molecule has 0 saturated heterocycles. The first-order valence-corrected chi connectivity index (χ1v) is 8.16. The Kier molecular flexibility index (Phi) is 3.15. The number of amides is 1. The van der Waals surface area contributed by atoms with Gasteiger partial charge in [-0.3, -0.25) is 4.79 Å². The largest absolute Gasteiger partial charge is 0.340 e. The molecule has 1 saturated carbocycles. The van der Waals surface area contributed by atoms with Crippen LogP contribution in [0.25, 0.3) is 0 Å². The minimum Gasteiger partial charge on any atom is -0.340 e. The molecule has 0 bridgehead atoms. The summed E-state index contributed by atoms with van der Waals surface area (Å²) < 4.78 is 0. The number of carbonyl (C=O) groups excluding carboxylic acids is 1. The van der Waals surface area contributed by atoms with Crippen LogP contribution in [-0.4, -0.2) is 22.8 Å². The second-order valence-corrected chi connectivity index (χ2v) is 6.79. The lowest BCUT2D eigenvalue weighted by Crippen LogP contribution is -2.18. The Bertz CT molecular complexity index is 809. The number of hydrogen-bond acceptors (Lipinski definition) is 3. The van der Waals surface area contributed by atoms with E-state index in [-0.39, 0.29) is 5.91 Å². The fourth-order valence-electron chi connectivity index (χ4n) is 3.20. The monoisotopic (exact) mass is 307 g/mol. The number of carbonyl (C=O) groups is 1. The summed E-state index contributed by atoms with van der Waals surface area (Å²) in [6.45, 7) is 4.94. The van der Waals surface area contributed by atoms with Gasteiger partial charge in [0.15, 0.2) is 0 Å². The number of nitrogens with zero attached hydrogens (tertiary/aromatic N) is 2. The van der Waals surface area contributed by atoms with Gasteiger partial charge in [0.05, 0.1) is 0 Å². The summed E-state index contributed by atoms with van der Waals surface area (Å²) >= 11 is 0. The molecule has 0 atom stereocenters. The van der Waals surface area contributed by atoms with Crippen LogP contribution in [-0.2, 0) is 6.54 Å². The number of pyridine rings is 1. The second kappa shape index (κ2) is 5.08. The fourth-order valence-corrected chi connectivity index (χ4v) is 3.20. The highest BCUT2D eigenvalue weighted by atomic mass is 16.2. The third-order valence-electron chi connectivity index (χ3n) is 4.88. The number of aromatic nitrogens is 1. The molecule has 0 unspecified atom stereocenters. The molecule has 1 fully saturated rings. The first-order chi connectivity index (χ1) is 11.0. The average Bonchev–Trinajstić information content (AvgIpc) is 3.32. The van der Waals surface area contributed by atoms with Gasteiger partial charge in [-0.25, -0.2) is 4.98 Å². The van der Waals surface area contributed by atoms with E-state index in [2.05, 4.69) is 36.3 Å². The highest BCUT2D eigenvalue weighted by molar-refractivity contribution is 5.96. The van der Waals surface area contributed by atoms with Crippen molar-refractivity contribution < 1.29 is 4.79 Å². The molecular weight excluding hydrogens is 286 g/mol. The molecule has 2 heterocycles. The van der Waals surface area contributed by atoms with Gasteiger partial charge in [-0.2, -0.15) is 0 Å². The summed E-state index contributed by atoms with van der Waals surface area (Å²) in [5, 5.41) is 3.45. The molecule has 118 valence electrons. The highest BCUT2D eigenvalue weighted by Crippen LogP contribution is 2.44. The molecule has 2 aromatic rings. The van der Waals surface area contributed by atoms with E-state index in [0.29, 0.717) is 18.2 Å². The van der Waals surface area contributed by atoms with Crippen molar-refractivity contribution in [2.24, 2.45) is 0 Å². The van der Waals surface area contributed by atoms with Crippen LogP contribution in [0, 0.1) is 13.8 Å². The smallest absolute Gasteiger partial charge is 0.272 e. The molecule has 1 aromatic heterocycles. The minimum atomic E-state index is 0.00570. The van der Waals surface area contributed by atoms with Crippen LogP contribution in [0.2, 0.25) is 0 Å². The van der Waals surface area contributed by atoms with E-state index < -0.39 is 0 Å². The van der Waals surface area contributed by atoms with Crippen molar-refractivity contribution in [3.05, 3.63) is 52.2 Å². The lowest BCUT2D eigenvalue weighted by Gasteiger charge is -2.14. The zero-order chi connectivity index (χ0) is 16.1. The first kappa shape index (κ1) is 14.2. The van der Waals surface area contributed by atoms with Crippen LogP contribution in [0.1, 0.15) is 51.5 Å². The van der Waals surface area contributed by atoms with Gasteiger partial charge in [-0.15, -0.1) is 0 Å². The van der Waals surface area contributed by atoms with Crippen LogP contribution < -0.4 is 5.32 Å². The summed E-state index contributed by atoms with van der Waals surface area (Å²) in [6.07, 6.45) is 2.52. The van der Waals surface area contributed by atoms with Gasteiger partial charge in [0.2, 0.25) is 0 Å². The topological polar surface area (TPSA) is 45.2 Å². The molecule has 1 amide bonds. The van der Waals surface area contributed by atoms with Crippen molar-refractivity contribution in [1.29, 1.82) is 0 Å². The number of fused-ring (bicyclic) bond motifs is 1. The van der Waals surface area contributed by atoms with E-state index in [0.717, 1.165) is 17.1 Å². The molecule has 1 aliphatic carbocycles. The molecule has 23 heavy (non-hydrogen) atoms. The Morgan fingerprint density at radius 1 is 1.17 bits per heavy atom.